The van der Waals surface area contributed by atoms with E-state index in [9.17, 15) is 0 Å². The van der Waals surface area contributed by atoms with Crippen LogP contribution in [0.3, 0.4) is 0 Å². The molecule has 1 aromatic heterocycles. The van der Waals surface area contributed by atoms with Gasteiger partial charge in [0.05, 0.1) is 0 Å². The molecule has 2 rings (SSSR count). The third-order valence-electron chi connectivity index (χ3n) is 2.45. The van der Waals surface area contributed by atoms with Crippen molar-refractivity contribution in [2.24, 2.45) is 0 Å². The minimum Gasteiger partial charge on any atom is -0.384 e. The number of rotatable bonds is 5. The second-order valence-corrected chi connectivity index (χ2v) is 4.95. The fraction of sp³-hybridized carbons (Fsp3) is 0.214. The maximum atomic E-state index is 4.08. The van der Waals surface area contributed by atoms with Crippen LogP contribution in [-0.2, 0) is 0 Å². The van der Waals surface area contributed by atoms with Gasteiger partial charge in [-0.3, -0.25) is 4.98 Å². The molecular weight excluding hydrogens is 228 g/mol. The quantitative estimate of drug-likeness (QED) is 0.642. The molecule has 0 saturated carbocycles. The van der Waals surface area contributed by atoms with Gasteiger partial charge in [-0.1, -0.05) is 18.2 Å². The summed E-state index contributed by atoms with van der Waals surface area (Å²) >= 11 is 1.87. The Balaban J connectivity index is 1.76. The molecule has 0 atom stereocenters. The van der Waals surface area contributed by atoms with Gasteiger partial charge >= 0.3 is 0 Å². The summed E-state index contributed by atoms with van der Waals surface area (Å²) in [6.45, 7) is 3.03. The van der Waals surface area contributed by atoms with Crippen LogP contribution in [0.15, 0.2) is 53.7 Å². The molecule has 0 bridgehead atoms. The molecule has 0 radical (unpaired) electrons. The van der Waals surface area contributed by atoms with Crippen LogP contribution in [0.5, 0.6) is 0 Å². The second-order valence-electron chi connectivity index (χ2n) is 3.78. The van der Waals surface area contributed by atoms with Crippen molar-refractivity contribution >= 4 is 17.4 Å². The minimum atomic E-state index is 0.963. The molecule has 0 amide bonds. The average molecular weight is 244 g/mol. The van der Waals surface area contributed by atoms with Gasteiger partial charge in [0.25, 0.3) is 0 Å². The van der Waals surface area contributed by atoms with Crippen molar-refractivity contribution in [1.82, 2.24) is 4.98 Å². The van der Waals surface area contributed by atoms with E-state index >= 15 is 0 Å². The Labute approximate surface area is 106 Å². The standard InChI is InChI=1S/C14H16N2S/c1-12-11-15-8-7-14(12)16-9-10-17-13-5-3-2-4-6-13/h2-8,11H,9-10H2,1H3,(H,15,16). The van der Waals surface area contributed by atoms with E-state index in [-0.39, 0.29) is 0 Å². The highest BCUT2D eigenvalue weighted by atomic mass is 32.2. The van der Waals surface area contributed by atoms with Gasteiger partial charge in [0, 0.05) is 35.3 Å². The number of nitrogens with one attached hydrogen (secondary N) is 1. The van der Waals surface area contributed by atoms with Crippen LogP contribution in [0.25, 0.3) is 0 Å². The zero-order chi connectivity index (χ0) is 11.9. The molecule has 1 heterocycles. The highest BCUT2D eigenvalue weighted by Gasteiger charge is 1.96. The number of thioether (sulfide) groups is 1. The van der Waals surface area contributed by atoms with Gasteiger partial charge < -0.3 is 5.32 Å². The van der Waals surface area contributed by atoms with Gasteiger partial charge in [0.2, 0.25) is 0 Å². The summed E-state index contributed by atoms with van der Waals surface area (Å²) < 4.78 is 0. The lowest BCUT2D eigenvalue weighted by Gasteiger charge is -2.08. The number of benzene rings is 1. The largest absolute Gasteiger partial charge is 0.384 e. The van der Waals surface area contributed by atoms with Crippen molar-refractivity contribution in [3.63, 3.8) is 0 Å². The van der Waals surface area contributed by atoms with Gasteiger partial charge in [-0.15, -0.1) is 11.8 Å². The van der Waals surface area contributed by atoms with Gasteiger partial charge in [-0.05, 0) is 30.7 Å². The number of aromatic nitrogens is 1. The van der Waals surface area contributed by atoms with Crippen LogP contribution in [-0.4, -0.2) is 17.3 Å². The van der Waals surface area contributed by atoms with Gasteiger partial charge in [-0.25, -0.2) is 0 Å². The summed E-state index contributed by atoms with van der Waals surface area (Å²) in [6, 6.07) is 12.5. The van der Waals surface area contributed by atoms with E-state index in [4.69, 9.17) is 0 Å². The normalized spacial score (nSPS) is 10.2. The summed E-state index contributed by atoms with van der Waals surface area (Å²) in [6.07, 6.45) is 3.70. The third kappa shape index (κ3) is 3.79. The zero-order valence-electron chi connectivity index (χ0n) is 9.89. The van der Waals surface area contributed by atoms with E-state index in [2.05, 4.69) is 41.5 Å². The Hall–Kier alpha value is -1.48. The molecule has 1 aromatic carbocycles. The van der Waals surface area contributed by atoms with Crippen molar-refractivity contribution in [2.75, 3.05) is 17.6 Å². The molecule has 0 aliphatic carbocycles. The molecule has 0 spiro atoms. The van der Waals surface area contributed by atoms with Crippen molar-refractivity contribution < 1.29 is 0 Å². The molecule has 0 unspecified atom stereocenters. The van der Waals surface area contributed by atoms with Crippen molar-refractivity contribution in [2.45, 2.75) is 11.8 Å². The van der Waals surface area contributed by atoms with Crippen molar-refractivity contribution in [3.05, 3.63) is 54.4 Å². The molecule has 17 heavy (non-hydrogen) atoms. The number of nitrogens with zero attached hydrogens (tertiary/aromatic N) is 1. The van der Waals surface area contributed by atoms with Gasteiger partial charge in [-0.2, -0.15) is 0 Å². The van der Waals surface area contributed by atoms with E-state index in [0.29, 0.717) is 0 Å². The SMILES string of the molecule is Cc1cnccc1NCCSc1ccccc1. The minimum absolute atomic E-state index is 0.963. The number of pyridine rings is 1. The molecule has 2 nitrogen and oxygen atoms in total. The summed E-state index contributed by atoms with van der Waals surface area (Å²) in [5, 5.41) is 3.42. The molecule has 1 N–H and O–H groups in total. The van der Waals surface area contributed by atoms with Crippen LogP contribution >= 0.6 is 11.8 Å². The van der Waals surface area contributed by atoms with Crippen LogP contribution in [0, 0.1) is 6.92 Å². The fourth-order valence-electron chi connectivity index (χ4n) is 1.54. The van der Waals surface area contributed by atoms with Crippen molar-refractivity contribution in [3.8, 4) is 0 Å². The predicted octanol–water partition coefficient (Wildman–Crippen LogP) is 3.59. The molecule has 2 aromatic rings. The van der Waals surface area contributed by atoms with E-state index in [1.807, 2.05) is 36.3 Å². The number of hydrogen-bond donors (Lipinski definition) is 1. The Bertz CT molecular complexity index is 457. The Morgan fingerprint density at radius 2 is 2.00 bits per heavy atom. The molecule has 0 saturated heterocycles. The molecule has 0 aliphatic rings. The summed E-state index contributed by atoms with van der Waals surface area (Å²) in [7, 11) is 0. The first-order valence-corrected chi connectivity index (χ1v) is 6.67. The maximum Gasteiger partial charge on any atom is 0.0401 e. The lowest BCUT2D eigenvalue weighted by Crippen LogP contribution is -2.05. The molecule has 0 fully saturated rings. The zero-order valence-corrected chi connectivity index (χ0v) is 10.7. The predicted molar refractivity (Wildman–Crippen MR) is 74.6 cm³/mol. The number of hydrogen-bond acceptors (Lipinski definition) is 3. The second kappa shape index (κ2) is 6.30. The number of anilines is 1. The summed E-state index contributed by atoms with van der Waals surface area (Å²) in [5.74, 6) is 1.06. The van der Waals surface area contributed by atoms with Crippen LogP contribution < -0.4 is 5.32 Å². The van der Waals surface area contributed by atoms with Crippen LogP contribution in [0.4, 0.5) is 5.69 Å². The highest BCUT2D eigenvalue weighted by Crippen LogP contribution is 2.17. The molecular formula is C14H16N2S. The summed E-state index contributed by atoms with van der Waals surface area (Å²) in [5.41, 5.74) is 2.37. The molecule has 0 aliphatic heterocycles. The lowest BCUT2D eigenvalue weighted by molar-refractivity contribution is 1.18. The smallest absolute Gasteiger partial charge is 0.0401 e. The highest BCUT2D eigenvalue weighted by molar-refractivity contribution is 7.99. The topological polar surface area (TPSA) is 24.9 Å². The van der Waals surface area contributed by atoms with E-state index < -0.39 is 0 Å². The maximum absolute atomic E-state index is 4.08. The molecule has 3 heteroatoms. The van der Waals surface area contributed by atoms with Crippen molar-refractivity contribution in [1.29, 1.82) is 0 Å². The van der Waals surface area contributed by atoms with Gasteiger partial charge in [0.15, 0.2) is 0 Å². The first kappa shape index (κ1) is 12.0. The monoisotopic (exact) mass is 244 g/mol. The fourth-order valence-corrected chi connectivity index (χ4v) is 2.33. The lowest BCUT2D eigenvalue weighted by atomic mass is 10.2. The van der Waals surface area contributed by atoms with Crippen LogP contribution in [0.2, 0.25) is 0 Å². The average Bonchev–Trinajstić information content (AvgIpc) is 2.38. The van der Waals surface area contributed by atoms with Gasteiger partial charge in [0.1, 0.15) is 0 Å². The Morgan fingerprint density at radius 3 is 2.76 bits per heavy atom. The first-order valence-electron chi connectivity index (χ1n) is 5.68. The Morgan fingerprint density at radius 1 is 1.18 bits per heavy atom. The number of aryl methyl sites for hydroxylation is 1. The van der Waals surface area contributed by atoms with E-state index in [1.165, 1.54) is 16.1 Å². The van der Waals surface area contributed by atoms with E-state index in [1.54, 1.807) is 0 Å². The van der Waals surface area contributed by atoms with Crippen LogP contribution in [0.1, 0.15) is 5.56 Å². The Kier molecular flexibility index (Phi) is 4.45. The first-order chi connectivity index (χ1) is 8.36. The third-order valence-corrected chi connectivity index (χ3v) is 3.46. The summed E-state index contributed by atoms with van der Waals surface area (Å²) in [4.78, 5) is 5.40. The molecule has 88 valence electrons. The van der Waals surface area contributed by atoms with E-state index in [0.717, 1.165) is 12.3 Å².